The largest absolute Gasteiger partial charge is 0.398 e. The summed E-state index contributed by atoms with van der Waals surface area (Å²) >= 11 is 5.94. The van der Waals surface area contributed by atoms with Crippen molar-refractivity contribution in [1.29, 1.82) is 0 Å². The summed E-state index contributed by atoms with van der Waals surface area (Å²) < 4.78 is 4.85. The Morgan fingerprint density at radius 2 is 2.24 bits per heavy atom. The zero-order valence-electron chi connectivity index (χ0n) is 10.2. The SMILES string of the molecule is COCC(O)CCNc1cc(Cl)c(N)cc1C. The molecule has 0 heterocycles. The molecule has 1 unspecified atom stereocenters. The van der Waals surface area contributed by atoms with Gasteiger partial charge in [0, 0.05) is 19.3 Å². The van der Waals surface area contributed by atoms with Gasteiger partial charge in [0.15, 0.2) is 0 Å². The summed E-state index contributed by atoms with van der Waals surface area (Å²) in [5.41, 5.74) is 8.24. The van der Waals surface area contributed by atoms with Crippen LogP contribution in [0.3, 0.4) is 0 Å². The number of aryl methyl sites for hydroxylation is 1. The predicted octanol–water partition coefficient (Wildman–Crippen LogP) is 2.04. The zero-order chi connectivity index (χ0) is 12.8. The van der Waals surface area contributed by atoms with E-state index in [-0.39, 0.29) is 0 Å². The molecule has 17 heavy (non-hydrogen) atoms. The van der Waals surface area contributed by atoms with Crippen molar-refractivity contribution in [3.63, 3.8) is 0 Å². The van der Waals surface area contributed by atoms with Gasteiger partial charge in [-0.25, -0.2) is 0 Å². The fourth-order valence-electron chi connectivity index (χ4n) is 1.54. The molecule has 0 aliphatic heterocycles. The topological polar surface area (TPSA) is 67.5 Å². The van der Waals surface area contributed by atoms with Gasteiger partial charge in [0.25, 0.3) is 0 Å². The Morgan fingerprint density at radius 3 is 2.88 bits per heavy atom. The lowest BCUT2D eigenvalue weighted by Crippen LogP contribution is -2.18. The summed E-state index contributed by atoms with van der Waals surface area (Å²) in [4.78, 5) is 0. The maximum Gasteiger partial charge on any atom is 0.0790 e. The molecular weight excluding hydrogens is 240 g/mol. The van der Waals surface area contributed by atoms with Gasteiger partial charge in [-0.3, -0.25) is 0 Å². The standard InChI is InChI=1S/C12H19ClN2O2/c1-8-5-11(14)10(13)6-12(8)15-4-3-9(16)7-17-2/h5-6,9,15-16H,3-4,7,14H2,1-2H3. The molecule has 0 bridgehead atoms. The molecule has 5 heteroatoms. The Bertz CT molecular complexity index is 372. The monoisotopic (exact) mass is 258 g/mol. The van der Waals surface area contributed by atoms with Gasteiger partial charge in [0.1, 0.15) is 0 Å². The van der Waals surface area contributed by atoms with Crippen molar-refractivity contribution in [2.24, 2.45) is 0 Å². The van der Waals surface area contributed by atoms with Crippen LogP contribution in [0.25, 0.3) is 0 Å². The number of aliphatic hydroxyl groups is 1. The van der Waals surface area contributed by atoms with Crippen molar-refractivity contribution in [3.05, 3.63) is 22.7 Å². The minimum absolute atomic E-state index is 0.350. The van der Waals surface area contributed by atoms with Crippen molar-refractivity contribution in [1.82, 2.24) is 0 Å². The minimum atomic E-state index is -0.447. The molecule has 1 rings (SSSR count). The molecule has 0 amide bonds. The van der Waals surface area contributed by atoms with Crippen LogP contribution in [0.1, 0.15) is 12.0 Å². The van der Waals surface area contributed by atoms with Crippen LogP contribution in [-0.4, -0.2) is 31.5 Å². The number of nitrogens with two attached hydrogens (primary N) is 1. The number of ether oxygens (including phenoxy) is 1. The Balaban J connectivity index is 2.49. The first-order chi connectivity index (χ1) is 8.04. The number of nitrogens with one attached hydrogen (secondary N) is 1. The zero-order valence-corrected chi connectivity index (χ0v) is 10.9. The lowest BCUT2D eigenvalue weighted by molar-refractivity contribution is 0.0615. The number of anilines is 2. The highest BCUT2D eigenvalue weighted by Gasteiger charge is 2.05. The number of benzene rings is 1. The fourth-order valence-corrected chi connectivity index (χ4v) is 1.71. The molecule has 0 aliphatic rings. The third-order valence-corrected chi connectivity index (χ3v) is 2.82. The number of hydrogen-bond donors (Lipinski definition) is 3. The average molecular weight is 259 g/mol. The van der Waals surface area contributed by atoms with E-state index in [2.05, 4.69) is 5.32 Å². The molecule has 0 aromatic heterocycles. The highest BCUT2D eigenvalue weighted by molar-refractivity contribution is 6.33. The second-order valence-corrected chi connectivity index (χ2v) is 4.42. The minimum Gasteiger partial charge on any atom is -0.398 e. The van der Waals surface area contributed by atoms with E-state index >= 15 is 0 Å². The van der Waals surface area contributed by atoms with Gasteiger partial charge in [-0.2, -0.15) is 0 Å². The quantitative estimate of drug-likeness (QED) is 0.683. The van der Waals surface area contributed by atoms with Gasteiger partial charge in [-0.05, 0) is 31.0 Å². The van der Waals surface area contributed by atoms with Crippen LogP contribution in [0.4, 0.5) is 11.4 Å². The van der Waals surface area contributed by atoms with Gasteiger partial charge in [0.05, 0.1) is 23.4 Å². The van der Waals surface area contributed by atoms with E-state index < -0.39 is 6.10 Å². The third-order valence-electron chi connectivity index (χ3n) is 2.50. The molecule has 0 saturated carbocycles. The van der Waals surface area contributed by atoms with Gasteiger partial charge in [-0.1, -0.05) is 11.6 Å². The van der Waals surface area contributed by atoms with Crippen molar-refractivity contribution < 1.29 is 9.84 Å². The molecule has 0 fully saturated rings. The summed E-state index contributed by atoms with van der Waals surface area (Å²) in [5, 5.41) is 13.2. The Morgan fingerprint density at radius 1 is 1.53 bits per heavy atom. The number of aliphatic hydroxyl groups excluding tert-OH is 1. The van der Waals surface area contributed by atoms with Gasteiger partial charge < -0.3 is 20.9 Å². The average Bonchev–Trinajstić information content (AvgIpc) is 2.26. The molecule has 0 aliphatic carbocycles. The molecule has 4 nitrogen and oxygen atoms in total. The molecule has 1 atom stereocenters. The van der Waals surface area contributed by atoms with Crippen LogP contribution in [0, 0.1) is 6.92 Å². The highest BCUT2D eigenvalue weighted by atomic mass is 35.5. The second-order valence-electron chi connectivity index (χ2n) is 4.01. The molecule has 0 spiro atoms. The fraction of sp³-hybridized carbons (Fsp3) is 0.500. The molecule has 0 radical (unpaired) electrons. The summed E-state index contributed by atoms with van der Waals surface area (Å²) in [7, 11) is 1.57. The van der Waals surface area contributed by atoms with Gasteiger partial charge in [0.2, 0.25) is 0 Å². The Labute approximate surface area is 107 Å². The van der Waals surface area contributed by atoms with Crippen molar-refractivity contribution in [3.8, 4) is 0 Å². The smallest absolute Gasteiger partial charge is 0.0790 e. The highest BCUT2D eigenvalue weighted by Crippen LogP contribution is 2.26. The normalized spacial score (nSPS) is 12.5. The van der Waals surface area contributed by atoms with Crippen molar-refractivity contribution in [2.75, 3.05) is 31.3 Å². The first-order valence-corrected chi connectivity index (χ1v) is 5.89. The predicted molar refractivity (Wildman–Crippen MR) is 71.6 cm³/mol. The number of rotatable bonds is 6. The summed E-state index contributed by atoms with van der Waals surface area (Å²) in [6.07, 6.45) is 0.173. The second kappa shape index (κ2) is 6.69. The Hall–Kier alpha value is -0.970. The maximum absolute atomic E-state index is 9.48. The molecular formula is C12H19ClN2O2. The van der Waals surface area contributed by atoms with Crippen LogP contribution < -0.4 is 11.1 Å². The van der Waals surface area contributed by atoms with E-state index in [1.807, 2.05) is 13.0 Å². The maximum atomic E-state index is 9.48. The first kappa shape index (κ1) is 14.1. The lowest BCUT2D eigenvalue weighted by Gasteiger charge is -2.13. The summed E-state index contributed by atoms with van der Waals surface area (Å²) in [6, 6.07) is 3.63. The van der Waals surface area contributed by atoms with E-state index in [9.17, 15) is 5.11 Å². The van der Waals surface area contributed by atoms with Crippen LogP contribution >= 0.6 is 11.6 Å². The summed E-state index contributed by atoms with van der Waals surface area (Å²) in [6.45, 7) is 2.97. The third kappa shape index (κ3) is 4.42. The number of nitrogen functional groups attached to an aromatic ring is 1. The van der Waals surface area contributed by atoms with E-state index in [4.69, 9.17) is 22.1 Å². The number of methoxy groups -OCH3 is 1. The van der Waals surface area contributed by atoms with E-state index in [1.54, 1.807) is 13.2 Å². The van der Waals surface area contributed by atoms with Crippen LogP contribution in [0.5, 0.6) is 0 Å². The molecule has 1 aromatic rings. The van der Waals surface area contributed by atoms with Crippen LogP contribution in [0.2, 0.25) is 5.02 Å². The van der Waals surface area contributed by atoms with E-state index in [0.29, 0.717) is 30.3 Å². The van der Waals surface area contributed by atoms with Crippen molar-refractivity contribution >= 4 is 23.0 Å². The molecule has 96 valence electrons. The Kier molecular flexibility index (Phi) is 5.55. The van der Waals surface area contributed by atoms with Crippen LogP contribution in [0.15, 0.2) is 12.1 Å². The summed E-state index contributed by atoms with van der Waals surface area (Å²) in [5.74, 6) is 0. The molecule has 0 saturated heterocycles. The van der Waals surface area contributed by atoms with E-state index in [1.165, 1.54) is 0 Å². The first-order valence-electron chi connectivity index (χ1n) is 5.51. The van der Waals surface area contributed by atoms with E-state index in [0.717, 1.165) is 11.3 Å². The lowest BCUT2D eigenvalue weighted by atomic mass is 10.1. The molecule has 1 aromatic carbocycles. The number of halogens is 1. The van der Waals surface area contributed by atoms with Gasteiger partial charge in [-0.15, -0.1) is 0 Å². The molecule has 4 N–H and O–H groups in total. The number of hydrogen-bond acceptors (Lipinski definition) is 4. The van der Waals surface area contributed by atoms with Crippen molar-refractivity contribution in [2.45, 2.75) is 19.4 Å². The van der Waals surface area contributed by atoms with Gasteiger partial charge >= 0.3 is 0 Å². The van der Waals surface area contributed by atoms with Crippen LogP contribution in [-0.2, 0) is 4.74 Å².